The molecule has 31 heavy (non-hydrogen) atoms. The fourth-order valence-corrected chi connectivity index (χ4v) is 4.41. The van der Waals surface area contributed by atoms with Crippen molar-refractivity contribution in [2.75, 3.05) is 32.7 Å². The summed E-state index contributed by atoms with van der Waals surface area (Å²) in [6.07, 6.45) is 0.535. The third-order valence-corrected chi connectivity index (χ3v) is 6.16. The molecule has 0 unspecified atom stereocenters. The van der Waals surface area contributed by atoms with Crippen molar-refractivity contribution < 1.29 is 14.4 Å². The second-order valence-corrected chi connectivity index (χ2v) is 8.37. The van der Waals surface area contributed by atoms with Crippen LogP contribution < -0.4 is 5.32 Å². The first-order valence-electron chi connectivity index (χ1n) is 10.1. The lowest BCUT2D eigenvalue weighted by Gasteiger charge is -2.33. The summed E-state index contributed by atoms with van der Waals surface area (Å²) < 4.78 is 1.79. The van der Waals surface area contributed by atoms with Crippen molar-refractivity contribution in [3.8, 4) is 11.4 Å². The summed E-state index contributed by atoms with van der Waals surface area (Å²) in [5.74, 6) is -0.527. The Labute approximate surface area is 183 Å². The number of hydrogen-bond acceptors (Lipinski definition) is 6. The number of hydrogen-bond donors (Lipinski definition) is 1. The Bertz CT molecular complexity index is 1130. The predicted molar refractivity (Wildman–Crippen MR) is 117 cm³/mol. The number of nitrogens with one attached hydrogen (secondary N) is 1. The highest BCUT2D eigenvalue weighted by molar-refractivity contribution is 7.15. The van der Waals surface area contributed by atoms with Crippen molar-refractivity contribution in [1.29, 1.82) is 0 Å². The molecular formula is C21H24N6O3S. The van der Waals surface area contributed by atoms with E-state index in [1.165, 1.54) is 23.2 Å². The molecule has 1 aliphatic rings. The first-order valence-corrected chi connectivity index (χ1v) is 11.0. The van der Waals surface area contributed by atoms with Crippen molar-refractivity contribution in [1.82, 2.24) is 29.7 Å². The molecule has 1 fully saturated rings. The van der Waals surface area contributed by atoms with Gasteiger partial charge in [0.25, 0.3) is 0 Å². The number of piperazine rings is 1. The van der Waals surface area contributed by atoms with Gasteiger partial charge in [-0.1, -0.05) is 23.8 Å². The fraction of sp³-hybridized carbons (Fsp3) is 0.381. The summed E-state index contributed by atoms with van der Waals surface area (Å²) in [6.45, 7) is 5.51. The van der Waals surface area contributed by atoms with E-state index in [0.717, 1.165) is 21.8 Å². The van der Waals surface area contributed by atoms with Crippen LogP contribution in [0.4, 0.5) is 0 Å². The molecule has 10 heteroatoms. The van der Waals surface area contributed by atoms with E-state index < -0.39 is 11.8 Å². The first kappa shape index (κ1) is 21.0. The van der Waals surface area contributed by atoms with Crippen LogP contribution in [-0.4, -0.2) is 74.8 Å². The van der Waals surface area contributed by atoms with Gasteiger partial charge in [0.15, 0.2) is 5.82 Å². The molecule has 9 nitrogen and oxygen atoms in total. The highest BCUT2D eigenvalue weighted by Crippen LogP contribution is 2.21. The van der Waals surface area contributed by atoms with Gasteiger partial charge in [-0.25, -0.2) is 4.52 Å². The lowest BCUT2D eigenvalue weighted by atomic mass is 10.1. The Kier molecular flexibility index (Phi) is 5.99. The molecule has 3 amide bonds. The second-order valence-electron chi connectivity index (χ2n) is 7.53. The lowest BCUT2D eigenvalue weighted by molar-refractivity contribution is -0.148. The zero-order valence-corrected chi connectivity index (χ0v) is 18.3. The van der Waals surface area contributed by atoms with Crippen LogP contribution in [0.5, 0.6) is 0 Å². The van der Waals surface area contributed by atoms with E-state index in [2.05, 4.69) is 15.4 Å². The van der Waals surface area contributed by atoms with Crippen LogP contribution in [0.3, 0.4) is 0 Å². The molecule has 3 heterocycles. The van der Waals surface area contributed by atoms with E-state index in [0.29, 0.717) is 45.0 Å². The standard InChI is InChI=1S/C21H24N6O3S/c1-14-4-3-5-16(12-14)18-23-21-27(24-18)17(13-31-21)6-7-22-19(29)20(30)26-10-8-25(9-11-26)15(2)28/h3-5,12-13H,6-11H2,1-2H3,(H,22,29). The van der Waals surface area contributed by atoms with Crippen molar-refractivity contribution in [3.63, 3.8) is 0 Å². The highest BCUT2D eigenvalue weighted by Gasteiger charge is 2.26. The monoisotopic (exact) mass is 440 g/mol. The molecule has 1 aliphatic heterocycles. The first-order chi connectivity index (χ1) is 14.9. The molecule has 0 radical (unpaired) electrons. The Hall–Kier alpha value is -3.27. The van der Waals surface area contributed by atoms with Gasteiger partial charge < -0.3 is 15.1 Å². The number of thiazole rings is 1. The molecule has 1 saturated heterocycles. The molecule has 0 atom stereocenters. The van der Waals surface area contributed by atoms with Crippen LogP contribution in [0.1, 0.15) is 18.2 Å². The van der Waals surface area contributed by atoms with Gasteiger partial charge in [-0.15, -0.1) is 16.4 Å². The lowest BCUT2D eigenvalue weighted by Crippen LogP contribution is -2.53. The van der Waals surface area contributed by atoms with E-state index in [1.807, 2.05) is 36.6 Å². The topological polar surface area (TPSA) is 99.9 Å². The van der Waals surface area contributed by atoms with Gasteiger partial charge in [-0.05, 0) is 13.0 Å². The molecule has 0 spiro atoms. The molecule has 1 aromatic carbocycles. The maximum absolute atomic E-state index is 12.4. The number of benzene rings is 1. The number of rotatable bonds is 4. The normalized spacial score (nSPS) is 14.1. The Balaban J connectivity index is 1.33. The van der Waals surface area contributed by atoms with Gasteiger partial charge in [0.1, 0.15) is 0 Å². The highest BCUT2D eigenvalue weighted by atomic mass is 32.1. The Morgan fingerprint density at radius 1 is 1.13 bits per heavy atom. The molecular weight excluding hydrogens is 416 g/mol. The van der Waals surface area contributed by atoms with E-state index >= 15 is 0 Å². The minimum absolute atomic E-state index is 0.0164. The zero-order chi connectivity index (χ0) is 22.0. The Morgan fingerprint density at radius 3 is 2.58 bits per heavy atom. The predicted octanol–water partition coefficient (Wildman–Crippen LogP) is 1.12. The summed E-state index contributed by atoms with van der Waals surface area (Å²) >= 11 is 1.49. The third kappa shape index (κ3) is 4.58. The van der Waals surface area contributed by atoms with Crippen LogP contribution in [0.25, 0.3) is 16.3 Å². The molecule has 0 saturated carbocycles. The molecule has 3 aromatic rings. The summed E-state index contributed by atoms with van der Waals surface area (Å²) in [5.41, 5.74) is 3.03. The molecule has 0 bridgehead atoms. The van der Waals surface area contributed by atoms with Crippen LogP contribution >= 0.6 is 11.3 Å². The van der Waals surface area contributed by atoms with Crippen molar-refractivity contribution >= 4 is 34.0 Å². The summed E-state index contributed by atoms with van der Waals surface area (Å²) in [7, 11) is 0. The number of aryl methyl sites for hydroxylation is 1. The van der Waals surface area contributed by atoms with Gasteiger partial charge in [-0.3, -0.25) is 14.4 Å². The van der Waals surface area contributed by atoms with Crippen LogP contribution in [0, 0.1) is 6.92 Å². The number of fused-ring (bicyclic) bond motifs is 1. The van der Waals surface area contributed by atoms with Gasteiger partial charge in [-0.2, -0.15) is 4.98 Å². The summed E-state index contributed by atoms with van der Waals surface area (Å²) in [4.78, 5) is 44.5. The molecule has 4 rings (SSSR count). The number of aromatic nitrogens is 3. The minimum Gasteiger partial charge on any atom is -0.347 e. The van der Waals surface area contributed by atoms with E-state index in [1.54, 1.807) is 9.42 Å². The minimum atomic E-state index is -0.623. The summed E-state index contributed by atoms with van der Waals surface area (Å²) in [5, 5.41) is 9.27. The average molecular weight is 441 g/mol. The van der Waals surface area contributed by atoms with Gasteiger partial charge in [0.2, 0.25) is 10.9 Å². The van der Waals surface area contributed by atoms with Crippen LogP contribution in [0.15, 0.2) is 29.6 Å². The van der Waals surface area contributed by atoms with Gasteiger partial charge in [0, 0.05) is 57.0 Å². The van der Waals surface area contributed by atoms with Crippen molar-refractivity contribution in [2.24, 2.45) is 0 Å². The SMILES string of the molecule is CC(=O)N1CCN(C(=O)C(=O)NCCc2csc3nc(-c4cccc(C)c4)nn23)CC1. The zero-order valence-electron chi connectivity index (χ0n) is 17.5. The third-order valence-electron chi connectivity index (χ3n) is 5.30. The second kappa shape index (κ2) is 8.84. The number of carbonyl (C=O) groups is 3. The van der Waals surface area contributed by atoms with E-state index in [4.69, 9.17) is 0 Å². The smallest absolute Gasteiger partial charge is 0.312 e. The van der Waals surface area contributed by atoms with Gasteiger partial charge in [0.05, 0.1) is 5.69 Å². The van der Waals surface area contributed by atoms with Crippen LogP contribution in [0.2, 0.25) is 0 Å². The average Bonchev–Trinajstić information content (AvgIpc) is 3.35. The van der Waals surface area contributed by atoms with Crippen molar-refractivity contribution in [3.05, 3.63) is 40.9 Å². The van der Waals surface area contributed by atoms with E-state index in [9.17, 15) is 14.4 Å². The summed E-state index contributed by atoms with van der Waals surface area (Å²) in [6, 6.07) is 8.03. The maximum Gasteiger partial charge on any atom is 0.312 e. The maximum atomic E-state index is 12.4. The number of carbonyl (C=O) groups excluding carboxylic acids is 3. The molecule has 162 valence electrons. The number of amides is 3. The molecule has 1 N–H and O–H groups in total. The Morgan fingerprint density at radius 2 is 1.87 bits per heavy atom. The molecule has 0 aliphatic carbocycles. The molecule has 2 aromatic heterocycles. The van der Waals surface area contributed by atoms with E-state index in [-0.39, 0.29) is 5.91 Å². The quantitative estimate of drug-likeness (QED) is 0.613. The van der Waals surface area contributed by atoms with Crippen LogP contribution in [-0.2, 0) is 20.8 Å². The fourth-order valence-electron chi connectivity index (χ4n) is 3.55. The van der Waals surface area contributed by atoms with Crippen molar-refractivity contribution in [2.45, 2.75) is 20.3 Å². The largest absolute Gasteiger partial charge is 0.347 e. The number of nitrogens with zero attached hydrogens (tertiary/aromatic N) is 5. The van der Waals surface area contributed by atoms with Gasteiger partial charge >= 0.3 is 11.8 Å².